The van der Waals surface area contributed by atoms with Crippen LogP contribution in [0.15, 0.2) is 42.6 Å². The highest BCUT2D eigenvalue weighted by Gasteiger charge is 2.26. The summed E-state index contributed by atoms with van der Waals surface area (Å²) in [6.45, 7) is 5.95. The molecular formula is C25H36N2O. The van der Waals surface area contributed by atoms with Crippen LogP contribution in [0.25, 0.3) is 0 Å². The first-order chi connectivity index (χ1) is 13.7. The summed E-state index contributed by atoms with van der Waals surface area (Å²) < 4.78 is 2.31. The summed E-state index contributed by atoms with van der Waals surface area (Å²) in [5.74, 6) is 0.351. The molecule has 152 valence electrons. The largest absolute Gasteiger partial charge is 0.345 e. The Balaban J connectivity index is 1.73. The molecule has 0 saturated heterocycles. The quantitative estimate of drug-likeness (QED) is 0.483. The number of amides is 1. The Hall–Kier alpha value is -2.03. The minimum atomic E-state index is 0.351. The van der Waals surface area contributed by atoms with Crippen LogP contribution in [0.1, 0.15) is 81.5 Å². The molecule has 1 heterocycles. The van der Waals surface area contributed by atoms with Crippen molar-refractivity contribution < 1.29 is 4.79 Å². The van der Waals surface area contributed by atoms with Gasteiger partial charge in [-0.25, -0.2) is 0 Å². The molecule has 0 atom stereocenters. The molecule has 3 rings (SSSR count). The molecule has 3 heteroatoms. The van der Waals surface area contributed by atoms with Crippen molar-refractivity contribution >= 4 is 5.91 Å². The van der Waals surface area contributed by atoms with Gasteiger partial charge in [-0.2, -0.15) is 0 Å². The lowest BCUT2D eigenvalue weighted by Gasteiger charge is -2.35. The van der Waals surface area contributed by atoms with Gasteiger partial charge in [-0.05, 0) is 43.9 Å². The van der Waals surface area contributed by atoms with Crippen molar-refractivity contribution in [2.45, 2.75) is 90.8 Å². The minimum absolute atomic E-state index is 0.351. The van der Waals surface area contributed by atoms with Crippen molar-refractivity contribution in [2.24, 2.45) is 0 Å². The normalized spacial score (nSPS) is 14.9. The van der Waals surface area contributed by atoms with E-state index in [1.165, 1.54) is 36.1 Å². The fraction of sp³-hybridized carbons (Fsp3) is 0.560. The lowest BCUT2D eigenvalue weighted by atomic mass is 9.93. The van der Waals surface area contributed by atoms with E-state index in [1.807, 2.05) is 0 Å². The number of benzene rings is 1. The first-order valence-corrected chi connectivity index (χ1v) is 11.2. The maximum atomic E-state index is 13.1. The van der Waals surface area contributed by atoms with Gasteiger partial charge in [0.1, 0.15) is 0 Å². The van der Waals surface area contributed by atoms with Crippen LogP contribution >= 0.6 is 0 Å². The zero-order valence-corrected chi connectivity index (χ0v) is 17.7. The average molecular weight is 381 g/mol. The van der Waals surface area contributed by atoms with Gasteiger partial charge in [0.05, 0.1) is 6.54 Å². The first kappa shape index (κ1) is 20.7. The Morgan fingerprint density at radius 1 is 1.11 bits per heavy atom. The van der Waals surface area contributed by atoms with Crippen molar-refractivity contribution in [1.82, 2.24) is 9.47 Å². The van der Waals surface area contributed by atoms with Crippen molar-refractivity contribution in [3.63, 3.8) is 0 Å². The van der Waals surface area contributed by atoms with Gasteiger partial charge >= 0.3 is 0 Å². The van der Waals surface area contributed by atoms with E-state index in [1.54, 1.807) is 0 Å². The Morgan fingerprint density at radius 2 is 1.93 bits per heavy atom. The van der Waals surface area contributed by atoms with E-state index in [4.69, 9.17) is 0 Å². The summed E-state index contributed by atoms with van der Waals surface area (Å²) >= 11 is 0. The lowest BCUT2D eigenvalue weighted by molar-refractivity contribution is -0.135. The highest BCUT2D eigenvalue weighted by molar-refractivity contribution is 5.76. The highest BCUT2D eigenvalue weighted by atomic mass is 16.2. The second kappa shape index (κ2) is 10.5. The predicted molar refractivity (Wildman–Crippen MR) is 116 cm³/mol. The zero-order valence-electron chi connectivity index (χ0n) is 17.7. The molecule has 0 radical (unpaired) electrons. The van der Waals surface area contributed by atoms with Gasteiger partial charge in [0.15, 0.2) is 0 Å². The molecule has 1 aliphatic rings. The number of rotatable bonds is 9. The van der Waals surface area contributed by atoms with Crippen LogP contribution in [0, 0.1) is 6.92 Å². The summed E-state index contributed by atoms with van der Waals surface area (Å²) in [6.07, 6.45) is 12.3. The maximum Gasteiger partial charge on any atom is 0.223 e. The van der Waals surface area contributed by atoms with Crippen LogP contribution in [0.2, 0.25) is 0 Å². The number of carbonyl (C=O) groups is 1. The van der Waals surface area contributed by atoms with Gasteiger partial charge in [0.25, 0.3) is 0 Å². The topological polar surface area (TPSA) is 25.2 Å². The third-order valence-corrected chi connectivity index (χ3v) is 6.02. The Labute approximate surface area is 170 Å². The van der Waals surface area contributed by atoms with Crippen molar-refractivity contribution in [3.05, 3.63) is 59.4 Å². The number of hydrogen-bond acceptors (Lipinski definition) is 1. The van der Waals surface area contributed by atoms with Crippen molar-refractivity contribution in [1.29, 1.82) is 0 Å². The summed E-state index contributed by atoms with van der Waals surface area (Å²) in [7, 11) is 0. The fourth-order valence-electron chi connectivity index (χ4n) is 4.41. The van der Waals surface area contributed by atoms with Crippen LogP contribution in [-0.2, 0) is 17.9 Å². The first-order valence-electron chi connectivity index (χ1n) is 11.2. The summed E-state index contributed by atoms with van der Waals surface area (Å²) in [5, 5.41) is 0. The van der Waals surface area contributed by atoms with Crippen LogP contribution in [0.4, 0.5) is 0 Å². The number of hydrogen-bond donors (Lipinski definition) is 0. The fourth-order valence-corrected chi connectivity index (χ4v) is 4.41. The Kier molecular flexibility index (Phi) is 7.76. The van der Waals surface area contributed by atoms with E-state index in [-0.39, 0.29) is 0 Å². The summed E-state index contributed by atoms with van der Waals surface area (Å²) in [4.78, 5) is 15.3. The average Bonchev–Trinajstić information content (AvgIpc) is 3.13. The van der Waals surface area contributed by atoms with E-state index in [9.17, 15) is 4.79 Å². The van der Waals surface area contributed by atoms with Gasteiger partial charge in [-0.3, -0.25) is 4.79 Å². The molecule has 0 bridgehead atoms. The van der Waals surface area contributed by atoms with E-state index >= 15 is 0 Å². The van der Waals surface area contributed by atoms with Gasteiger partial charge in [-0.15, -0.1) is 0 Å². The number of unbranched alkanes of at least 4 members (excludes halogenated alkanes) is 2. The van der Waals surface area contributed by atoms with E-state index in [0.29, 0.717) is 18.4 Å². The smallest absolute Gasteiger partial charge is 0.223 e. The summed E-state index contributed by atoms with van der Waals surface area (Å²) in [6, 6.07) is 13.4. The van der Waals surface area contributed by atoms with Gasteiger partial charge in [-0.1, -0.05) is 68.9 Å². The van der Waals surface area contributed by atoms with E-state index in [0.717, 1.165) is 45.2 Å². The number of aryl methyl sites for hydroxylation is 1. The van der Waals surface area contributed by atoms with Crippen LogP contribution in [-0.4, -0.2) is 21.4 Å². The van der Waals surface area contributed by atoms with Crippen LogP contribution < -0.4 is 0 Å². The van der Waals surface area contributed by atoms with Gasteiger partial charge < -0.3 is 9.47 Å². The standard InChI is InChI=1S/C25H36N2O/c1-3-4-6-16-25(28)27(23-13-7-5-8-14-23)20-24-15-10-17-26(24)19-22-12-9-11-21(2)18-22/h9-12,15,17-18,23H,3-8,13-14,16,19-20H2,1-2H3. The maximum absolute atomic E-state index is 13.1. The molecule has 1 saturated carbocycles. The highest BCUT2D eigenvalue weighted by Crippen LogP contribution is 2.25. The Bertz CT molecular complexity index is 743. The number of carbonyl (C=O) groups excluding carboxylic acids is 1. The predicted octanol–water partition coefficient (Wildman–Crippen LogP) is 6.09. The Morgan fingerprint density at radius 3 is 2.68 bits per heavy atom. The lowest BCUT2D eigenvalue weighted by Crippen LogP contribution is -2.41. The molecule has 0 N–H and O–H groups in total. The summed E-state index contributed by atoms with van der Waals surface area (Å²) in [5.41, 5.74) is 3.85. The number of aromatic nitrogens is 1. The van der Waals surface area contributed by atoms with Crippen molar-refractivity contribution in [2.75, 3.05) is 0 Å². The van der Waals surface area contributed by atoms with E-state index < -0.39 is 0 Å². The molecule has 1 aromatic heterocycles. The molecular weight excluding hydrogens is 344 g/mol. The van der Waals surface area contributed by atoms with Crippen LogP contribution in [0.3, 0.4) is 0 Å². The molecule has 28 heavy (non-hydrogen) atoms. The monoisotopic (exact) mass is 380 g/mol. The molecule has 1 amide bonds. The molecule has 0 unspecified atom stereocenters. The molecule has 3 nitrogen and oxygen atoms in total. The second-order valence-corrected chi connectivity index (χ2v) is 8.39. The van der Waals surface area contributed by atoms with Crippen LogP contribution in [0.5, 0.6) is 0 Å². The van der Waals surface area contributed by atoms with Gasteiger partial charge in [0.2, 0.25) is 5.91 Å². The van der Waals surface area contributed by atoms with Gasteiger partial charge in [0, 0.05) is 30.9 Å². The molecule has 1 fully saturated rings. The number of nitrogens with zero attached hydrogens (tertiary/aromatic N) is 2. The molecule has 1 aliphatic carbocycles. The van der Waals surface area contributed by atoms with Crippen molar-refractivity contribution in [3.8, 4) is 0 Å². The minimum Gasteiger partial charge on any atom is -0.345 e. The molecule has 1 aromatic carbocycles. The molecule has 0 aliphatic heterocycles. The molecule has 2 aromatic rings. The zero-order chi connectivity index (χ0) is 19.8. The SMILES string of the molecule is CCCCCC(=O)N(Cc1cccn1Cc1cccc(C)c1)C1CCCCC1. The van der Waals surface area contributed by atoms with E-state index in [2.05, 4.69) is 65.9 Å². The third kappa shape index (κ3) is 5.73. The third-order valence-electron chi connectivity index (χ3n) is 6.02. The molecule has 0 spiro atoms. The second-order valence-electron chi connectivity index (χ2n) is 8.39.